The van der Waals surface area contributed by atoms with Gasteiger partial charge in [-0.05, 0) is 65.1 Å². The van der Waals surface area contributed by atoms with Crippen molar-refractivity contribution in [1.82, 2.24) is 10.2 Å². The Labute approximate surface area is 124 Å². The van der Waals surface area contributed by atoms with Crippen molar-refractivity contribution >= 4 is 0 Å². The highest BCUT2D eigenvalue weighted by molar-refractivity contribution is 5.12. The minimum atomic E-state index is 0.524. The number of hydrogen-bond donors (Lipinski definition) is 1. The molecule has 20 heavy (non-hydrogen) atoms. The molecule has 0 bridgehead atoms. The number of nitrogens with one attached hydrogen (secondary N) is 1. The number of likely N-dealkylation sites (tertiary alicyclic amines) is 1. The molecule has 0 aromatic heterocycles. The molecule has 3 heteroatoms. The maximum absolute atomic E-state index is 5.96. The van der Waals surface area contributed by atoms with Gasteiger partial charge in [0, 0.05) is 24.1 Å². The van der Waals surface area contributed by atoms with Gasteiger partial charge in [-0.1, -0.05) is 13.3 Å². The summed E-state index contributed by atoms with van der Waals surface area (Å²) in [5, 5.41) is 3.99. The van der Waals surface area contributed by atoms with Crippen molar-refractivity contribution in [2.75, 3.05) is 26.2 Å². The van der Waals surface area contributed by atoms with Gasteiger partial charge in [0.25, 0.3) is 0 Å². The van der Waals surface area contributed by atoms with Gasteiger partial charge in [0.1, 0.15) is 0 Å². The van der Waals surface area contributed by atoms with Crippen LogP contribution in [0.25, 0.3) is 0 Å². The molecule has 1 aliphatic heterocycles. The van der Waals surface area contributed by atoms with Crippen molar-refractivity contribution in [3.05, 3.63) is 0 Å². The summed E-state index contributed by atoms with van der Waals surface area (Å²) >= 11 is 0. The van der Waals surface area contributed by atoms with E-state index in [9.17, 15) is 0 Å². The zero-order valence-corrected chi connectivity index (χ0v) is 13.4. The second-order valence-corrected chi connectivity index (χ2v) is 7.10. The summed E-state index contributed by atoms with van der Waals surface area (Å²) in [6, 6.07) is 1.50. The monoisotopic (exact) mass is 280 g/mol. The molecule has 1 spiro atoms. The van der Waals surface area contributed by atoms with Crippen LogP contribution in [0.1, 0.15) is 58.8 Å². The van der Waals surface area contributed by atoms with Gasteiger partial charge >= 0.3 is 0 Å². The van der Waals surface area contributed by atoms with Crippen molar-refractivity contribution < 1.29 is 4.74 Å². The van der Waals surface area contributed by atoms with Crippen LogP contribution in [0.5, 0.6) is 0 Å². The highest BCUT2D eigenvalue weighted by Gasteiger charge is 2.58. The fourth-order valence-electron chi connectivity index (χ4n) is 4.60. The molecule has 3 aliphatic rings. The number of hydrogen-bond acceptors (Lipinski definition) is 3. The van der Waals surface area contributed by atoms with E-state index in [0.29, 0.717) is 11.5 Å². The smallest absolute Gasteiger partial charge is 0.0661 e. The van der Waals surface area contributed by atoms with E-state index in [1.165, 1.54) is 64.6 Å². The van der Waals surface area contributed by atoms with Gasteiger partial charge < -0.3 is 15.0 Å². The summed E-state index contributed by atoms with van der Waals surface area (Å²) in [7, 11) is 0. The van der Waals surface area contributed by atoms with Gasteiger partial charge in [0.2, 0.25) is 0 Å². The first kappa shape index (κ1) is 14.8. The van der Waals surface area contributed by atoms with E-state index in [1.807, 2.05) is 0 Å². The summed E-state index contributed by atoms with van der Waals surface area (Å²) in [4.78, 5) is 2.63. The number of rotatable bonds is 6. The Morgan fingerprint density at radius 2 is 1.95 bits per heavy atom. The SMILES string of the molecule is CCCN1CCC(N[C@H]2C[C@H](OCC)C23CCC3)CC1. The van der Waals surface area contributed by atoms with Gasteiger partial charge in [-0.15, -0.1) is 0 Å². The third-order valence-electron chi connectivity index (χ3n) is 6.00. The lowest BCUT2D eigenvalue weighted by Gasteiger charge is -2.62. The van der Waals surface area contributed by atoms with Gasteiger partial charge in [-0.3, -0.25) is 0 Å². The Hall–Kier alpha value is -0.120. The Kier molecular flexibility index (Phi) is 4.68. The molecule has 0 radical (unpaired) electrons. The van der Waals surface area contributed by atoms with Crippen LogP contribution in [0.3, 0.4) is 0 Å². The zero-order chi connectivity index (χ0) is 14.0. The van der Waals surface area contributed by atoms with Crippen molar-refractivity contribution in [2.45, 2.75) is 77.0 Å². The van der Waals surface area contributed by atoms with Crippen LogP contribution < -0.4 is 5.32 Å². The average Bonchev–Trinajstić information content (AvgIpc) is 2.38. The van der Waals surface area contributed by atoms with Crippen LogP contribution in [-0.2, 0) is 4.74 Å². The van der Waals surface area contributed by atoms with Crippen LogP contribution in [0.2, 0.25) is 0 Å². The molecule has 2 saturated carbocycles. The van der Waals surface area contributed by atoms with E-state index in [-0.39, 0.29) is 0 Å². The number of piperidine rings is 1. The molecule has 2 atom stereocenters. The Morgan fingerprint density at radius 1 is 1.20 bits per heavy atom. The van der Waals surface area contributed by atoms with E-state index in [4.69, 9.17) is 4.74 Å². The van der Waals surface area contributed by atoms with E-state index in [0.717, 1.165) is 18.7 Å². The molecule has 2 aliphatic carbocycles. The lowest BCUT2D eigenvalue weighted by molar-refractivity contribution is -0.175. The Balaban J connectivity index is 1.45. The first-order chi connectivity index (χ1) is 9.78. The van der Waals surface area contributed by atoms with Crippen molar-refractivity contribution in [3.63, 3.8) is 0 Å². The molecular weight excluding hydrogens is 248 g/mol. The normalized spacial score (nSPS) is 33.9. The molecule has 3 fully saturated rings. The highest BCUT2D eigenvalue weighted by Crippen LogP contribution is 2.57. The van der Waals surface area contributed by atoms with Crippen LogP contribution in [0.15, 0.2) is 0 Å². The summed E-state index contributed by atoms with van der Waals surface area (Å²) < 4.78 is 5.96. The van der Waals surface area contributed by atoms with Crippen LogP contribution in [0, 0.1) is 5.41 Å². The molecule has 3 rings (SSSR count). The van der Waals surface area contributed by atoms with E-state index in [2.05, 4.69) is 24.1 Å². The second kappa shape index (κ2) is 6.33. The standard InChI is InChI=1S/C17H32N2O/c1-3-10-19-11-6-14(7-12-19)18-15-13-16(20-4-2)17(15)8-5-9-17/h14-16,18H,3-13H2,1-2H3/t15-,16-/m0/s1. The zero-order valence-electron chi connectivity index (χ0n) is 13.4. The lowest BCUT2D eigenvalue weighted by Crippen LogP contribution is -2.68. The Morgan fingerprint density at radius 3 is 2.50 bits per heavy atom. The summed E-state index contributed by atoms with van der Waals surface area (Å²) in [5.74, 6) is 0. The molecule has 0 aromatic carbocycles. The molecule has 116 valence electrons. The van der Waals surface area contributed by atoms with Crippen LogP contribution in [-0.4, -0.2) is 49.3 Å². The fraction of sp³-hybridized carbons (Fsp3) is 1.00. The molecule has 1 heterocycles. The summed E-state index contributed by atoms with van der Waals surface area (Å²) in [5.41, 5.74) is 0.524. The van der Waals surface area contributed by atoms with E-state index < -0.39 is 0 Å². The third-order valence-corrected chi connectivity index (χ3v) is 6.00. The van der Waals surface area contributed by atoms with Crippen molar-refractivity contribution in [1.29, 1.82) is 0 Å². The molecule has 1 saturated heterocycles. The highest BCUT2D eigenvalue weighted by atomic mass is 16.5. The van der Waals surface area contributed by atoms with Crippen molar-refractivity contribution in [3.8, 4) is 0 Å². The minimum Gasteiger partial charge on any atom is -0.378 e. The van der Waals surface area contributed by atoms with Crippen LogP contribution in [0.4, 0.5) is 0 Å². The molecule has 0 amide bonds. The van der Waals surface area contributed by atoms with Crippen molar-refractivity contribution in [2.24, 2.45) is 5.41 Å². The lowest BCUT2D eigenvalue weighted by atomic mass is 9.51. The van der Waals surface area contributed by atoms with E-state index >= 15 is 0 Å². The molecule has 0 unspecified atom stereocenters. The second-order valence-electron chi connectivity index (χ2n) is 7.10. The predicted molar refractivity (Wildman–Crippen MR) is 83.0 cm³/mol. The van der Waals surface area contributed by atoms with E-state index in [1.54, 1.807) is 0 Å². The molecule has 0 aromatic rings. The van der Waals surface area contributed by atoms with Gasteiger partial charge in [-0.25, -0.2) is 0 Å². The van der Waals surface area contributed by atoms with Gasteiger partial charge in [-0.2, -0.15) is 0 Å². The fourth-order valence-corrected chi connectivity index (χ4v) is 4.60. The summed E-state index contributed by atoms with van der Waals surface area (Å²) in [6.07, 6.45) is 9.98. The van der Waals surface area contributed by atoms with Gasteiger partial charge in [0.05, 0.1) is 6.10 Å². The molecular formula is C17H32N2O. The topological polar surface area (TPSA) is 24.5 Å². The van der Waals surface area contributed by atoms with Crippen LogP contribution >= 0.6 is 0 Å². The van der Waals surface area contributed by atoms with Gasteiger partial charge in [0.15, 0.2) is 0 Å². The first-order valence-electron chi connectivity index (χ1n) is 8.88. The summed E-state index contributed by atoms with van der Waals surface area (Å²) in [6.45, 7) is 9.17. The Bertz CT molecular complexity index is 308. The maximum Gasteiger partial charge on any atom is 0.0661 e. The minimum absolute atomic E-state index is 0.524. The largest absolute Gasteiger partial charge is 0.378 e. The predicted octanol–water partition coefficient (Wildman–Crippen LogP) is 2.80. The number of ether oxygens (including phenoxy) is 1. The maximum atomic E-state index is 5.96. The third kappa shape index (κ3) is 2.65. The quantitative estimate of drug-likeness (QED) is 0.810. The molecule has 3 nitrogen and oxygen atoms in total. The number of nitrogens with zero attached hydrogens (tertiary/aromatic N) is 1. The first-order valence-corrected chi connectivity index (χ1v) is 8.88. The average molecular weight is 280 g/mol. The molecule has 1 N–H and O–H groups in total.